The first-order chi connectivity index (χ1) is 18.5. The zero-order chi connectivity index (χ0) is 28.3. The third kappa shape index (κ3) is 8.82. The number of rotatable bonds is 7. The van der Waals surface area contributed by atoms with Gasteiger partial charge in [-0.25, -0.2) is 0 Å². The van der Waals surface area contributed by atoms with E-state index in [1.54, 1.807) is 22.6 Å². The van der Waals surface area contributed by atoms with Gasteiger partial charge in [-0.2, -0.15) is 20.4 Å². The van der Waals surface area contributed by atoms with Gasteiger partial charge in [-0.3, -0.25) is 23.5 Å². The lowest BCUT2D eigenvalue weighted by molar-refractivity contribution is 0.112. The summed E-state index contributed by atoms with van der Waals surface area (Å²) in [5.41, 5.74) is 4.43. The van der Waals surface area contributed by atoms with Crippen molar-refractivity contribution in [2.45, 2.75) is 58.7 Å². The van der Waals surface area contributed by atoms with Crippen molar-refractivity contribution < 1.29 is 9.90 Å². The molecule has 0 bridgehead atoms. The molecule has 1 unspecified atom stereocenters. The van der Waals surface area contributed by atoms with Crippen LogP contribution in [-0.4, -0.2) is 50.5 Å². The summed E-state index contributed by atoms with van der Waals surface area (Å²) in [4.78, 5) is 10.2. The molecule has 13 heteroatoms. The van der Waals surface area contributed by atoms with Gasteiger partial charge in [0.05, 0.1) is 20.5 Å². The number of hydrogen-bond donors (Lipinski definition) is 1. The van der Waals surface area contributed by atoms with Crippen LogP contribution in [0.5, 0.6) is 0 Å². The molecule has 0 amide bonds. The van der Waals surface area contributed by atoms with E-state index in [1.165, 1.54) is 29.3 Å². The highest BCUT2D eigenvalue weighted by molar-refractivity contribution is 14.1. The van der Waals surface area contributed by atoms with E-state index in [0.29, 0.717) is 5.56 Å². The van der Waals surface area contributed by atoms with Crippen LogP contribution in [0.25, 0.3) is 0 Å². The minimum absolute atomic E-state index is 0.645. The Labute approximate surface area is 269 Å². The quantitative estimate of drug-likeness (QED) is 0.206. The molecule has 0 saturated heterocycles. The molecule has 0 aliphatic heterocycles. The maximum atomic E-state index is 10.5. The number of hydrogen-bond acceptors (Lipinski definition) is 6. The maximum Gasteiger partial charge on any atom is 0.154 e. The van der Waals surface area contributed by atoms with Crippen molar-refractivity contribution in [2.24, 2.45) is 25.9 Å². The van der Waals surface area contributed by atoms with E-state index in [9.17, 15) is 9.90 Å². The van der Waals surface area contributed by atoms with Crippen molar-refractivity contribution in [1.82, 2.24) is 39.1 Å². The van der Waals surface area contributed by atoms with E-state index in [1.807, 2.05) is 53.6 Å². The molecule has 1 atom stereocenters. The van der Waals surface area contributed by atoms with Gasteiger partial charge in [0, 0.05) is 63.1 Å². The van der Waals surface area contributed by atoms with Gasteiger partial charge in [0.1, 0.15) is 13.5 Å². The molecule has 0 radical (unpaired) electrons. The van der Waals surface area contributed by atoms with Crippen molar-refractivity contribution in [3.63, 3.8) is 0 Å². The molecule has 4 aromatic rings. The summed E-state index contributed by atoms with van der Waals surface area (Å²) in [6.45, 7) is 6.11. The Morgan fingerprint density at radius 1 is 0.821 bits per heavy atom. The molecule has 4 heterocycles. The van der Waals surface area contributed by atoms with Crippen LogP contribution in [-0.2, 0) is 27.2 Å². The van der Waals surface area contributed by atoms with Gasteiger partial charge in [-0.15, -0.1) is 0 Å². The lowest BCUT2D eigenvalue weighted by atomic mass is 10.1. The minimum atomic E-state index is -0.645. The first kappa shape index (κ1) is 30.6. The summed E-state index contributed by atoms with van der Waals surface area (Å²) in [5.74, 6) is 1.70. The molecule has 2 fully saturated rings. The summed E-state index contributed by atoms with van der Waals surface area (Å²) in [7, 11) is 3.65. The van der Waals surface area contributed by atoms with Gasteiger partial charge < -0.3 is 5.11 Å². The van der Waals surface area contributed by atoms with E-state index >= 15 is 0 Å². The van der Waals surface area contributed by atoms with E-state index < -0.39 is 6.10 Å². The molecule has 2 saturated carbocycles. The van der Waals surface area contributed by atoms with Gasteiger partial charge in [0.25, 0.3) is 0 Å². The molecule has 2 aliphatic rings. The fraction of sp³-hybridized carbons (Fsp3) is 0.500. The highest BCUT2D eigenvalue weighted by Crippen LogP contribution is 2.32. The number of aliphatic hydroxyl groups excluding tert-OH is 1. The number of aryl methyl sites for hydroxylation is 4. The number of aliphatic hydroxyl groups is 1. The monoisotopic (exact) mass is 870 g/mol. The van der Waals surface area contributed by atoms with Gasteiger partial charge in [0.2, 0.25) is 0 Å². The molecular formula is C26H33I3N8O2. The molecule has 210 valence electrons. The van der Waals surface area contributed by atoms with Crippen LogP contribution in [0.2, 0.25) is 0 Å². The van der Waals surface area contributed by atoms with Crippen LogP contribution in [0.15, 0.2) is 24.8 Å². The standard InChI is InChI=1S/C13H17IN4O.C8H11IN2.C5H5IN2O/c1-8-10(7-18(15-8)5-9-3-4-9)12(19)11-6-17(2)16-13(11)14;1-6-8(9)5-11(10-6)4-7-2-3-7;1-8-2-4(3-9)5(6)7-8/h6-7,9,12,19H,3-5H2,1-2H3;5,7H,2-4H2,1H3;2-3H,1H3. The number of nitrogens with zero attached hydrogens (tertiary/aromatic N) is 8. The van der Waals surface area contributed by atoms with Crippen molar-refractivity contribution in [3.05, 3.63) is 63.8 Å². The molecule has 1 N–H and O–H groups in total. The lowest BCUT2D eigenvalue weighted by Crippen LogP contribution is -2.01. The van der Waals surface area contributed by atoms with Crippen molar-refractivity contribution in [2.75, 3.05) is 0 Å². The fourth-order valence-electron chi connectivity index (χ4n) is 4.00. The van der Waals surface area contributed by atoms with Crippen LogP contribution in [0.1, 0.15) is 64.7 Å². The summed E-state index contributed by atoms with van der Waals surface area (Å²) in [5, 5.41) is 27.6. The number of carbonyl (C=O) groups excluding carboxylic acids is 1. The summed E-state index contributed by atoms with van der Waals surface area (Å²) < 4.78 is 10.3. The number of aldehydes is 1. The first-order valence-corrected chi connectivity index (χ1v) is 16.0. The van der Waals surface area contributed by atoms with Crippen LogP contribution < -0.4 is 0 Å². The Hall–Kier alpha value is -1.34. The highest BCUT2D eigenvalue weighted by Gasteiger charge is 2.25. The second kappa shape index (κ2) is 13.5. The molecule has 39 heavy (non-hydrogen) atoms. The number of carbonyl (C=O) groups is 1. The lowest BCUT2D eigenvalue weighted by Gasteiger charge is -2.07. The summed E-state index contributed by atoms with van der Waals surface area (Å²) in [6.07, 6.45) is 13.2. The van der Waals surface area contributed by atoms with E-state index in [-0.39, 0.29) is 0 Å². The Morgan fingerprint density at radius 3 is 1.77 bits per heavy atom. The zero-order valence-electron chi connectivity index (χ0n) is 22.4. The number of halogens is 3. The van der Waals surface area contributed by atoms with Gasteiger partial charge >= 0.3 is 0 Å². The van der Waals surface area contributed by atoms with E-state index in [4.69, 9.17) is 0 Å². The Kier molecular flexibility index (Phi) is 10.6. The predicted molar refractivity (Wildman–Crippen MR) is 173 cm³/mol. The Morgan fingerprint density at radius 2 is 1.36 bits per heavy atom. The molecule has 2 aliphatic carbocycles. The fourth-order valence-corrected chi connectivity index (χ4v) is 5.81. The van der Waals surface area contributed by atoms with Crippen LogP contribution in [0.4, 0.5) is 0 Å². The summed E-state index contributed by atoms with van der Waals surface area (Å²) in [6, 6.07) is 0. The number of aromatic nitrogens is 8. The second-order valence-corrected chi connectivity index (χ2v) is 13.4. The van der Waals surface area contributed by atoms with E-state index in [2.05, 4.69) is 83.4 Å². The van der Waals surface area contributed by atoms with Crippen LogP contribution in [0.3, 0.4) is 0 Å². The largest absolute Gasteiger partial charge is 0.383 e. The predicted octanol–water partition coefficient (Wildman–Crippen LogP) is 5.06. The van der Waals surface area contributed by atoms with Gasteiger partial charge in [0.15, 0.2) is 6.29 Å². The van der Waals surface area contributed by atoms with Crippen molar-refractivity contribution in [1.29, 1.82) is 0 Å². The second-order valence-electron chi connectivity index (χ2n) is 10.2. The van der Waals surface area contributed by atoms with Gasteiger partial charge in [-0.1, -0.05) is 0 Å². The third-order valence-corrected chi connectivity index (χ3v) is 9.23. The van der Waals surface area contributed by atoms with Crippen molar-refractivity contribution in [3.8, 4) is 0 Å². The van der Waals surface area contributed by atoms with Crippen molar-refractivity contribution >= 4 is 74.1 Å². The maximum absolute atomic E-state index is 10.5. The molecule has 0 spiro atoms. The smallest absolute Gasteiger partial charge is 0.154 e. The van der Waals surface area contributed by atoms with Gasteiger partial charge in [-0.05, 0) is 119 Å². The normalized spacial score (nSPS) is 15.3. The average Bonchev–Trinajstić information content (AvgIpc) is 3.74. The molecule has 0 aromatic carbocycles. The van der Waals surface area contributed by atoms with Crippen LogP contribution >= 0.6 is 67.8 Å². The Bertz CT molecular complexity index is 1400. The molecule has 6 rings (SSSR count). The molecular weight excluding hydrogens is 837 g/mol. The highest BCUT2D eigenvalue weighted by atomic mass is 127. The first-order valence-electron chi connectivity index (χ1n) is 12.8. The van der Waals surface area contributed by atoms with Crippen LogP contribution in [0, 0.1) is 36.7 Å². The SMILES string of the molecule is Cc1nn(CC2CC2)cc1C(O)c1cn(C)nc1I.Cc1nn(CC2CC2)cc1I.Cn1cc(C=O)c(I)n1. The minimum Gasteiger partial charge on any atom is -0.383 e. The third-order valence-electron chi connectivity index (χ3n) is 6.49. The summed E-state index contributed by atoms with van der Waals surface area (Å²) >= 11 is 6.50. The zero-order valence-corrected chi connectivity index (χ0v) is 28.9. The van der Waals surface area contributed by atoms with E-state index in [0.717, 1.165) is 61.1 Å². The Balaban J connectivity index is 0.000000149. The molecule has 10 nitrogen and oxygen atoms in total. The topological polar surface area (TPSA) is 109 Å². The molecule has 4 aromatic heterocycles. The average molecular weight is 870 g/mol.